The van der Waals surface area contributed by atoms with E-state index in [0.29, 0.717) is 29.6 Å². The highest BCUT2D eigenvalue weighted by molar-refractivity contribution is 8.77. The molecule has 50 heavy (non-hydrogen) atoms. The number of unbranched alkanes of at least 4 members (excludes halogenated alkanes) is 1. The lowest BCUT2D eigenvalue weighted by atomic mass is 9.85. The summed E-state index contributed by atoms with van der Waals surface area (Å²) in [5, 5.41) is 1.65. The van der Waals surface area contributed by atoms with Crippen molar-refractivity contribution in [2.24, 2.45) is 0 Å². The van der Waals surface area contributed by atoms with Crippen LogP contribution >= 0.6 is 21.6 Å². The summed E-state index contributed by atoms with van der Waals surface area (Å²) in [6.07, 6.45) is 3.98. The highest BCUT2D eigenvalue weighted by Crippen LogP contribution is 2.41. The molecule has 6 rings (SSSR count). The standard InChI is InChI=1S/C36H40N2O10S2/c1-2-36(48-32(41)12-11-31(40)46-17-15-44-14-16-45-30(39)10-6-4-8-25-13-18-49-50-25)27-20-29-33-24(19-23-7-3-5-9-28(23)37-33)21-38(29)34(42)26(27)22-47-35(36)43/h3,5,7,9,19-20,25H,2,4,6,8,10-18,21-22H2,1H3. The van der Waals surface area contributed by atoms with E-state index in [4.69, 9.17) is 28.7 Å². The molecule has 14 heteroatoms. The van der Waals surface area contributed by atoms with Crippen molar-refractivity contribution in [2.45, 2.75) is 82.3 Å². The molecule has 0 amide bonds. The Labute approximate surface area is 297 Å². The van der Waals surface area contributed by atoms with Gasteiger partial charge in [0, 0.05) is 33.9 Å². The minimum absolute atomic E-state index is 0.0154. The van der Waals surface area contributed by atoms with Gasteiger partial charge in [-0.15, -0.1) is 0 Å². The number of ether oxygens (including phenoxy) is 5. The van der Waals surface area contributed by atoms with Crippen LogP contribution in [-0.4, -0.2) is 70.9 Å². The fraction of sp³-hybridized carbons (Fsp3) is 0.500. The Morgan fingerprint density at radius 3 is 2.50 bits per heavy atom. The lowest BCUT2D eigenvalue weighted by Gasteiger charge is -2.35. The number of para-hydroxylation sites is 1. The summed E-state index contributed by atoms with van der Waals surface area (Å²) in [4.78, 5) is 69.0. The molecule has 1 saturated heterocycles. The van der Waals surface area contributed by atoms with Gasteiger partial charge in [0.05, 0.1) is 55.1 Å². The molecule has 2 atom stereocenters. The van der Waals surface area contributed by atoms with Crippen LogP contribution in [-0.2, 0) is 61.6 Å². The molecule has 3 aliphatic heterocycles. The van der Waals surface area contributed by atoms with Gasteiger partial charge in [0.15, 0.2) is 0 Å². The molecular weight excluding hydrogens is 685 g/mol. The van der Waals surface area contributed by atoms with Gasteiger partial charge in [0.2, 0.25) is 5.60 Å². The zero-order chi connectivity index (χ0) is 35.1. The summed E-state index contributed by atoms with van der Waals surface area (Å²) >= 11 is 0. The van der Waals surface area contributed by atoms with E-state index in [1.165, 1.54) is 12.2 Å². The van der Waals surface area contributed by atoms with Crippen molar-refractivity contribution in [3.05, 3.63) is 63.4 Å². The molecule has 2 aromatic heterocycles. The highest BCUT2D eigenvalue weighted by Gasteiger charge is 2.50. The maximum atomic E-state index is 13.7. The minimum Gasteiger partial charge on any atom is -0.463 e. The average Bonchev–Trinajstić information content (AvgIpc) is 3.77. The Kier molecular flexibility index (Phi) is 11.8. The van der Waals surface area contributed by atoms with Crippen molar-refractivity contribution >= 4 is 56.4 Å². The average molecular weight is 725 g/mol. The molecule has 0 aliphatic carbocycles. The zero-order valence-electron chi connectivity index (χ0n) is 27.9. The van der Waals surface area contributed by atoms with E-state index in [9.17, 15) is 24.0 Å². The molecule has 0 bridgehead atoms. The predicted octanol–water partition coefficient (Wildman–Crippen LogP) is 5.23. The normalized spacial score (nSPS) is 19.0. The van der Waals surface area contributed by atoms with Gasteiger partial charge in [-0.2, -0.15) is 0 Å². The number of rotatable bonds is 16. The van der Waals surface area contributed by atoms with Crippen LogP contribution in [0, 0.1) is 0 Å². The number of hydrogen-bond donors (Lipinski definition) is 0. The van der Waals surface area contributed by atoms with Crippen molar-refractivity contribution < 1.29 is 42.9 Å². The van der Waals surface area contributed by atoms with E-state index in [0.717, 1.165) is 35.7 Å². The second kappa shape index (κ2) is 16.4. The maximum Gasteiger partial charge on any atom is 0.355 e. The fourth-order valence-corrected chi connectivity index (χ4v) is 9.44. The molecule has 2 unspecified atom stereocenters. The lowest BCUT2D eigenvalue weighted by Crippen LogP contribution is -2.47. The number of benzene rings is 1. The largest absolute Gasteiger partial charge is 0.463 e. The smallest absolute Gasteiger partial charge is 0.355 e. The molecule has 3 aliphatic rings. The van der Waals surface area contributed by atoms with Crippen molar-refractivity contribution in [1.82, 2.24) is 9.55 Å². The summed E-state index contributed by atoms with van der Waals surface area (Å²) < 4.78 is 28.5. The molecule has 266 valence electrons. The summed E-state index contributed by atoms with van der Waals surface area (Å²) in [6, 6.07) is 11.4. The van der Waals surface area contributed by atoms with E-state index >= 15 is 0 Å². The first-order valence-electron chi connectivity index (χ1n) is 17.0. The van der Waals surface area contributed by atoms with E-state index in [1.807, 2.05) is 51.9 Å². The summed E-state index contributed by atoms with van der Waals surface area (Å²) in [5.74, 6) is -1.27. The number of aromatic nitrogens is 2. The van der Waals surface area contributed by atoms with Crippen LogP contribution in [0.4, 0.5) is 0 Å². The van der Waals surface area contributed by atoms with Gasteiger partial charge in [0.25, 0.3) is 5.56 Å². The Morgan fingerprint density at radius 1 is 0.980 bits per heavy atom. The van der Waals surface area contributed by atoms with E-state index in [1.54, 1.807) is 17.6 Å². The first-order chi connectivity index (χ1) is 24.3. The number of fused-ring (bicyclic) bond motifs is 5. The minimum atomic E-state index is -1.85. The number of esters is 4. The molecule has 5 heterocycles. The van der Waals surface area contributed by atoms with Crippen LogP contribution in [0.1, 0.15) is 75.0 Å². The molecule has 1 fully saturated rings. The monoisotopic (exact) mass is 724 g/mol. The van der Waals surface area contributed by atoms with Crippen LogP contribution in [0.5, 0.6) is 0 Å². The molecule has 0 saturated carbocycles. The first kappa shape index (κ1) is 35.9. The molecule has 0 spiro atoms. The van der Waals surface area contributed by atoms with Crippen LogP contribution < -0.4 is 5.56 Å². The number of nitrogens with zero attached hydrogens (tertiary/aromatic N) is 2. The number of pyridine rings is 2. The third kappa shape index (κ3) is 8.02. The van der Waals surface area contributed by atoms with Crippen molar-refractivity contribution in [3.8, 4) is 11.4 Å². The quantitative estimate of drug-likeness (QED) is 0.0643. The van der Waals surface area contributed by atoms with Gasteiger partial charge in [-0.1, -0.05) is 53.1 Å². The molecule has 0 N–H and O–H groups in total. The van der Waals surface area contributed by atoms with E-state index < -0.39 is 23.5 Å². The van der Waals surface area contributed by atoms with Gasteiger partial charge in [-0.3, -0.25) is 19.2 Å². The van der Waals surface area contributed by atoms with Gasteiger partial charge in [0.1, 0.15) is 19.8 Å². The molecule has 12 nitrogen and oxygen atoms in total. The fourth-order valence-electron chi connectivity index (χ4n) is 6.41. The predicted molar refractivity (Wildman–Crippen MR) is 187 cm³/mol. The number of hydrogen-bond acceptors (Lipinski definition) is 13. The third-order valence-corrected chi connectivity index (χ3v) is 12.1. The van der Waals surface area contributed by atoms with E-state index in [-0.39, 0.29) is 75.0 Å². The first-order valence-corrected chi connectivity index (χ1v) is 19.4. The van der Waals surface area contributed by atoms with Gasteiger partial charge in [-0.05, 0) is 43.9 Å². The summed E-state index contributed by atoms with van der Waals surface area (Å²) in [7, 11) is 3.86. The van der Waals surface area contributed by atoms with Crippen LogP contribution in [0.2, 0.25) is 0 Å². The van der Waals surface area contributed by atoms with Crippen LogP contribution in [0.15, 0.2) is 41.2 Å². The number of carbonyl (C=O) groups excluding carboxylic acids is 4. The van der Waals surface area contributed by atoms with Crippen LogP contribution in [0.25, 0.3) is 22.3 Å². The van der Waals surface area contributed by atoms with E-state index in [2.05, 4.69) is 0 Å². The molecule has 1 aromatic carbocycles. The Bertz CT molecular complexity index is 1820. The number of cyclic esters (lactones) is 1. The SMILES string of the molecule is CCC1(OC(=O)CCC(=O)OCCOCCOC(=O)CCCCC2CCSS2)C(=O)OCc2c1cc1n(c2=O)Cc2cc3ccccc3nc2-1. The topological polar surface area (TPSA) is 149 Å². The van der Waals surface area contributed by atoms with Gasteiger partial charge < -0.3 is 28.3 Å². The van der Waals surface area contributed by atoms with Crippen molar-refractivity contribution in [1.29, 1.82) is 0 Å². The lowest BCUT2D eigenvalue weighted by molar-refractivity contribution is -0.189. The molecule has 3 aromatic rings. The third-order valence-electron chi connectivity index (χ3n) is 9.07. The highest BCUT2D eigenvalue weighted by atomic mass is 33.1. The Balaban J connectivity index is 0.959. The Morgan fingerprint density at radius 2 is 1.74 bits per heavy atom. The second-order valence-corrected chi connectivity index (χ2v) is 15.1. The zero-order valence-corrected chi connectivity index (χ0v) is 29.6. The number of carbonyl (C=O) groups is 4. The van der Waals surface area contributed by atoms with Crippen molar-refractivity contribution in [3.63, 3.8) is 0 Å². The molecular formula is C36H40N2O10S2. The summed E-state index contributed by atoms with van der Waals surface area (Å²) in [6.45, 7) is 2.09. The van der Waals surface area contributed by atoms with Gasteiger partial charge in [-0.25, -0.2) is 9.78 Å². The second-order valence-electron chi connectivity index (χ2n) is 12.4. The Hall–Kier alpha value is -3.88. The van der Waals surface area contributed by atoms with Gasteiger partial charge >= 0.3 is 23.9 Å². The van der Waals surface area contributed by atoms with Crippen LogP contribution in [0.3, 0.4) is 0 Å². The molecule has 0 radical (unpaired) electrons. The maximum absolute atomic E-state index is 13.7. The summed E-state index contributed by atoms with van der Waals surface area (Å²) in [5.41, 5.74) is 1.12. The van der Waals surface area contributed by atoms with Crippen molar-refractivity contribution in [2.75, 3.05) is 32.2 Å².